The Labute approximate surface area is 118 Å². The molecule has 2 fully saturated rings. The molecule has 2 N–H and O–H groups in total. The molecule has 0 aliphatic carbocycles. The smallest absolute Gasteiger partial charge is 0.0356 e. The lowest BCUT2D eigenvalue weighted by molar-refractivity contribution is 0.0159. The predicted octanol–water partition coefficient (Wildman–Crippen LogP) is 0.824. The topological polar surface area (TPSA) is 35.7 Å². The molecule has 112 valence electrons. The fourth-order valence-corrected chi connectivity index (χ4v) is 3.82. The summed E-state index contributed by atoms with van der Waals surface area (Å²) in [5.74, 6) is 0. The van der Waals surface area contributed by atoms with Gasteiger partial charge in [0.1, 0.15) is 0 Å². The van der Waals surface area contributed by atoms with Crippen molar-refractivity contribution in [2.45, 2.75) is 50.2 Å². The zero-order chi connectivity index (χ0) is 14.0. The van der Waals surface area contributed by atoms with Crippen molar-refractivity contribution in [3.8, 4) is 0 Å². The first-order valence-corrected chi connectivity index (χ1v) is 7.80. The summed E-state index contributed by atoms with van der Waals surface area (Å²) in [5.41, 5.74) is 6.40. The molecule has 0 bridgehead atoms. The van der Waals surface area contributed by atoms with Crippen LogP contribution in [0.3, 0.4) is 0 Å². The van der Waals surface area contributed by atoms with Crippen LogP contribution < -0.4 is 5.73 Å². The molecule has 3 unspecified atom stereocenters. The molecule has 2 aliphatic rings. The highest BCUT2D eigenvalue weighted by Gasteiger charge is 2.40. The van der Waals surface area contributed by atoms with E-state index in [1.54, 1.807) is 0 Å². The monoisotopic (exact) mass is 268 g/mol. The van der Waals surface area contributed by atoms with Gasteiger partial charge in [0.25, 0.3) is 0 Å². The number of likely N-dealkylation sites (N-methyl/N-ethyl adjacent to an activating group) is 2. The van der Waals surface area contributed by atoms with Gasteiger partial charge in [0, 0.05) is 30.7 Å². The second-order valence-corrected chi connectivity index (χ2v) is 6.87. The highest BCUT2D eigenvalue weighted by atomic mass is 15.3. The molecule has 19 heavy (non-hydrogen) atoms. The second-order valence-electron chi connectivity index (χ2n) is 6.87. The van der Waals surface area contributed by atoms with Crippen LogP contribution in [0, 0.1) is 0 Å². The third-order valence-electron chi connectivity index (χ3n) is 5.70. The highest BCUT2D eigenvalue weighted by molar-refractivity contribution is 4.99. The van der Waals surface area contributed by atoms with Gasteiger partial charge >= 0.3 is 0 Å². The molecule has 0 spiro atoms. The van der Waals surface area contributed by atoms with Gasteiger partial charge in [0.15, 0.2) is 0 Å². The van der Waals surface area contributed by atoms with E-state index in [-0.39, 0.29) is 5.54 Å². The number of rotatable bonds is 4. The van der Waals surface area contributed by atoms with E-state index in [2.05, 4.69) is 42.8 Å². The van der Waals surface area contributed by atoms with Gasteiger partial charge in [-0.3, -0.25) is 4.90 Å². The number of nitrogens with two attached hydrogens (primary N) is 1. The minimum atomic E-state index is 0.218. The molecular weight excluding hydrogens is 236 g/mol. The molecule has 4 nitrogen and oxygen atoms in total. The van der Waals surface area contributed by atoms with Gasteiger partial charge in [0.05, 0.1) is 0 Å². The number of hydrogen-bond donors (Lipinski definition) is 1. The molecule has 2 rings (SSSR count). The average molecular weight is 268 g/mol. The van der Waals surface area contributed by atoms with Crippen molar-refractivity contribution in [2.24, 2.45) is 5.73 Å². The third-order valence-corrected chi connectivity index (χ3v) is 5.70. The first-order valence-electron chi connectivity index (χ1n) is 7.80. The Bertz CT molecular complexity index is 296. The van der Waals surface area contributed by atoms with Gasteiger partial charge in [-0.05, 0) is 66.8 Å². The summed E-state index contributed by atoms with van der Waals surface area (Å²) in [4.78, 5) is 7.55. The number of likely N-dealkylation sites (tertiary alicyclic amines) is 2. The maximum absolute atomic E-state index is 6.18. The van der Waals surface area contributed by atoms with Crippen molar-refractivity contribution in [1.29, 1.82) is 0 Å². The van der Waals surface area contributed by atoms with E-state index < -0.39 is 0 Å². The summed E-state index contributed by atoms with van der Waals surface area (Å²) >= 11 is 0. The second kappa shape index (κ2) is 6.08. The summed E-state index contributed by atoms with van der Waals surface area (Å²) < 4.78 is 0. The third kappa shape index (κ3) is 3.13. The Morgan fingerprint density at radius 1 is 1.26 bits per heavy atom. The van der Waals surface area contributed by atoms with Crippen LogP contribution in [0.2, 0.25) is 0 Å². The van der Waals surface area contributed by atoms with Crippen LogP contribution in [-0.4, -0.2) is 79.6 Å². The number of piperidine rings is 1. The van der Waals surface area contributed by atoms with Gasteiger partial charge in [0.2, 0.25) is 0 Å². The summed E-state index contributed by atoms with van der Waals surface area (Å²) in [6, 6.07) is 1.37. The van der Waals surface area contributed by atoms with Crippen molar-refractivity contribution >= 4 is 0 Å². The molecule has 0 amide bonds. The van der Waals surface area contributed by atoms with Crippen LogP contribution in [0.1, 0.15) is 32.6 Å². The van der Waals surface area contributed by atoms with Gasteiger partial charge in [-0.2, -0.15) is 0 Å². The average Bonchev–Trinajstić information content (AvgIpc) is 2.78. The van der Waals surface area contributed by atoms with Crippen LogP contribution in [-0.2, 0) is 0 Å². The Morgan fingerprint density at radius 3 is 2.53 bits per heavy atom. The van der Waals surface area contributed by atoms with E-state index in [0.717, 1.165) is 12.6 Å². The quantitative estimate of drug-likeness (QED) is 0.819. The standard InChI is InChI=1S/C15H32N4/c1-13-10-15(12-16,7-9-17(13)2)19(4)11-14-6-5-8-18(14)3/h13-14H,5-12,16H2,1-4H3. The van der Waals surface area contributed by atoms with E-state index in [9.17, 15) is 0 Å². The summed E-state index contributed by atoms with van der Waals surface area (Å²) in [7, 11) is 6.78. The van der Waals surface area contributed by atoms with Crippen LogP contribution in [0.4, 0.5) is 0 Å². The molecule has 0 aromatic rings. The van der Waals surface area contributed by atoms with Crippen molar-refractivity contribution in [3.63, 3.8) is 0 Å². The zero-order valence-corrected chi connectivity index (χ0v) is 13.2. The fourth-order valence-electron chi connectivity index (χ4n) is 3.82. The summed E-state index contributed by atoms with van der Waals surface area (Å²) in [5, 5.41) is 0. The lowest BCUT2D eigenvalue weighted by Crippen LogP contribution is -2.61. The molecule has 0 aromatic carbocycles. The fraction of sp³-hybridized carbons (Fsp3) is 1.00. The number of hydrogen-bond acceptors (Lipinski definition) is 4. The van der Waals surface area contributed by atoms with Crippen LogP contribution >= 0.6 is 0 Å². The van der Waals surface area contributed by atoms with Gasteiger partial charge in [-0.1, -0.05) is 0 Å². The molecule has 2 saturated heterocycles. The van der Waals surface area contributed by atoms with Gasteiger partial charge in [-0.15, -0.1) is 0 Å². The Kier molecular flexibility index (Phi) is 4.88. The normalized spacial score (nSPS) is 38.2. The Balaban J connectivity index is 2.00. The van der Waals surface area contributed by atoms with Gasteiger partial charge in [-0.25, -0.2) is 0 Å². The van der Waals surface area contributed by atoms with E-state index >= 15 is 0 Å². The Hall–Kier alpha value is -0.160. The first kappa shape index (κ1) is 15.2. The van der Waals surface area contributed by atoms with Gasteiger partial charge < -0.3 is 15.5 Å². The van der Waals surface area contributed by atoms with Crippen LogP contribution in [0.25, 0.3) is 0 Å². The Morgan fingerprint density at radius 2 is 2.00 bits per heavy atom. The van der Waals surface area contributed by atoms with E-state index in [1.807, 2.05) is 0 Å². The molecule has 0 radical (unpaired) electrons. The molecular formula is C15H32N4. The van der Waals surface area contributed by atoms with Crippen LogP contribution in [0.5, 0.6) is 0 Å². The summed E-state index contributed by atoms with van der Waals surface area (Å²) in [6.07, 6.45) is 5.10. The van der Waals surface area contributed by atoms with E-state index in [4.69, 9.17) is 5.73 Å². The zero-order valence-electron chi connectivity index (χ0n) is 13.2. The minimum Gasteiger partial charge on any atom is -0.329 e. The number of nitrogens with zero attached hydrogens (tertiary/aromatic N) is 3. The summed E-state index contributed by atoms with van der Waals surface area (Å²) in [6.45, 7) is 6.72. The largest absolute Gasteiger partial charge is 0.329 e. The maximum Gasteiger partial charge on any atom is 0.0356 e. The molecule has 3 atom stereocenters. The molecule has 0 saturated carbocycles. The first-order chi connectivity index (χ1) is 8.98. The molecule has 2 heterocycles. The molecule has 0 aromatic heterocycles. The van der Waals surface area contributed by atoms with E-state index in [0.29, 0.717) is 6.04 Å². The highest BCUT2D eigenvalue weighted by Crippen LogP contribution is 2.31. The van der Waals surface area contributed by atoms with E-state index in [1.165, 1.54) is 45.3 Å². The van der Waals surface area contributed by atoms with Crippen molar-refractivity contribution in [2.75, 3.05) is 47.3 Å². The van der Waals surface area contributed by atoms with Crippen LogP contribution in [0.15, 0.2) is 0 Å². The maximum atomic E-state index is 6.18. The molecule has 2 aliphatic heterocycles. The lowest BCUT2D eigenvalue weighted by atomic mass is 9.82. The SMILES string of the molecule is CC1CC(CN)(N(C)CC2CCCN2C)CCN1C. The lowest BCUT2D eigenvalue weighted by Gasteiger charge is -2.50. The van der Waals surface area contributed by atoms with Crippen molar-refractivity contribution < 1.29 is 0 Å². The van der Waals surface area contributed by atoms with Crippen molar-refractivity contribution in [3.05, 3.63) is 0 Å². The predicted molar refractivity (Wildman–Crippen MR) is 81.4 cm³/mol. The minimum absolute atomic E-state index is 0.218. The molecule has 4 heteroatoms. The van der Waals surface area contributed by atoms with Crippen molar-refractivity contribution in [1.82, 2.24) is 14.7 Å².